The van der Waals surface area contributed by atoms with E-state index in [0.717, 1.165) is 94.9 Å². The molecule has 5 aliphatic rings. The lowest BCUT2D eigenvalue weighted by molar-refractivity contribution is 0.490. The molecule has 0 aliphatic heterocycles. The van der Waals surface area contributed by atoms with E-state index in [1.54, 1.807) is 0 Å². The van der Waals surface area contributed by atoms with Gasteiger partial charge in [0, 0.05) is 44.7 Å². The first kappa shape index (κ1) is 77.8. The molecule has 0 fully saturated rings. The number of para-hydroxylation sites is 1. The highest BCUT2D eigenvalue weighted by atomic mass is 15.1. The fourth-order valence-corrected chi connectivity index (χ4v) is 23.6. The molecule has 0 saturated heterocycles. The highest BCUT2D eigenvalue weighted by Crippen LogP contribution is 2.62. The zero-order valence-electron chi connectivity index (χ0n) is 72.9. The molecule has 18 aromatic rings. The SMILES string of the molecule is CCC1(CC)c2cc(C=Cc3cccc4c3-c3ccccc3C4(C3=CC=CCC3)c3ccccc3)ccc2-c2ccc(N(c3ccccc3)c3cccc(-c4ccc(-c5ccc(N(c6ccc7c(c6)C(CC)(CC)c6cc(C=Cc8cccc9c8-c8ccccc8C9(c8ccccc8)c8ccccc8)ccc6-7)c6cc7ccccc7c7ccccc67)cc5)cc4)c3)cc21. The Kier molecular flexibility index (Phi) is 19.2. The molecule has 0 aromatic heterocycles. The van der Waals surface area contributed by atoms with E-state index in [2.05, 4.69) is 486 Å². The van der Waals surface area contributed by atoms with E-state index in [1.807, 2.05) is 0 Å². The van der Waals surface area contributed by atoms with Gasteiger partial charge in [-0.1, -0.05) is 416 Å². The Labute approximate surface area is 752 Å². The van der Waals surface area contributed by atoms with Crippen molar-refractivity contribution in [2.75, 3.05) is 9.80 Å². The molecule has 23 rings (SSSR count). The second-order valence-electron chi connectivity index (χ2n) is 35.5. The Morgan fingerprint density at radius 1 is 0.266 bits per heavy atom. The second-order valence-corrected chi connectivity index (χ2v) is 35.5. The molecular weight excluding hydrogens is 1540 g/mol. The van der Waals surface area contributed by atoms with Gasteiger partial charge < -0.3 is 9.80 Å². The third-order valence-electron chi connectivity index (χ3n) is 29.7. The molecule has 2 nitrogen and oxygen atoms in total. The summed E-state index contributed by atoms with van der Waals surface area (Å²) in [6.07, 6.45) is 22.4. The van der Waals surface area contributed by atoms with Gasteiger partial charge in [-0.05, 0) is 272 Å². The lowest BCUT2D eigenvalue weighted by Crippen LogP contribution is -2.30. The van der Waals surface area contributed by atoms with E-state index in [-0.39, 0.29) is 16.2 Å². The van der Waals surface area contributed by atoms with Crippen LogP contribution in [0, 0.1) is 0 Å². The van der Waals surface area contributed by atoms with Crippen LogP contribution in [0.3, 0.4) is 0 Å². The number of hydrogen-bond donors (Lipinski definition) is 0. The van der Waals surface area contributed by atoms with Crippen LogP contribution in [0.4, 0.5) is 34.1 Å². The van der Waals surface area contributed by atoms with Crippen LogP contribution in [-0.4, -0.2) is 0 Å². The topological polar surface area (TPSA) is 6.48 Å². The Morgan fingerprint density at radius 2 is 0.664 bits per heavy atom. The Bertz CT molecular complexity index is 7480. The van der Waals surface area contributed by atoms with Crippen LogP contribution >= 0.6 is 0 Å². The van der Waals surface area contributed by atoms with E-state index in [0.29, 0.717) is 0 Å². The number of allylic oxidation sites excluding steroid dienone is 4. The minimum absolute atomic E-state index is 0.186. The van der Waals surface area contributed by atoms with Crippen LogP contribution in [0.2, 0.25) is 0 Å². The fourth-order valence-electron chi connectivity index (χ4n) is 23.6. The predicted molar refractivity (Wildman–Crippen MR) is 542 cm³/mol. The zero-order chi connectivity index (χ0) is 85.7. The largest absolute Gasteiger partial charge is 0.310 e. The van der Waals surface area contributed by atoms with Crippen molar-refractivity contribution in [1.29, 1.82) is 0 Å². The lowest BCUT2D eigenvalue weighted by atomic mass is 9.65. The maximum atomic E-state index is 2.54. The van der Waals surface area contributed by atoms with Gasteiger partial charge in [0.25, 0.3) is 0 Å². The normalized spacial score (nSPS) is 15.4. The van der Waals surface area contributed by atoms with Crippen molar-refractivity contribution in [3.63, 3.8) is 0 Å². The quantitative estimate of drug-likeness (QED) is 0.0554. The molecule has 128 heavy (non-hydrogen) atoms. The minimum Gasteiger partial charge on any atom is -0.310 e. The lowest BCUT2D eigenvalue weighted by Gasteiger charge is -2.36. The highest BCUT2D eigenvalue weighted by molar-refractivity contribution is 6.15. The van der Waals surface area contributed by atoms with Gasteiger partial charge in [-0.3, -0.25) is 0 Å². The Morgan fingerprint density at radius 3 is 1.20 bits per heavy atom. The van der Waals surface area contributed by atoms with Crippen molar-refractivity contribution in [2.24, 2.45) is 0 Å². The van der Waals surface area contributed by atoms with Crippen molar-refractivity contribution in [1.82, 2.24) is 0 Å². The number of nitrogens with zero attached hydrogens (tertiary/aromatic N) is 2. The van der Waals surface area contributed by atoms with E-state index in [1.165, 1.54) is 155 Å². The van der Waals surface area contributed by atoms with Gasteiger partial charge in [-0.25, -0.2) is 0 Å². The second kappa shape index (κ2) is 31.6. The zero-order valence-corrected chi connectivity index (χ0v) is 72.9. The molecule has 18 aromatic carbocycles. The standard InChI is InChI=1S/C126H98N2/c1-5-123(6-2)116-79-85(59-63-90-36-33-57-114-121(90)110-53-28-30-55-112(110)125(114,94-39-14-9-15-40-94)95-41-16-10-17-42-95)61-75-105(116)107-77-73-101(83-118(107)123)127(98-47-22-13-23-48-98)100-49-32-38-92(81-100)89-67-65-87(66-68-89)88-69-71-99(72-70-88)128(120-82-93-35-24-25-50-103(93)104-51-26-27-52-109(104)120)102-74-78-108-106-76-62-86(80-117(106)124(7-3,8-4)119(108)84-102)60-64-91-37-34-58-115-122(91)111-54-29-31-56-113(111)126(115,96-43-18-11-19-44-96)97-45-20-12-21-46-97/h9-16,18-41,43-84H,5-8,17,42H2,1-4H3. The van der Waals surface area contributed by atoms with Crippen molar-refractivity contribution < 1.29 is 0 Å². The van der Waals surface area contributed by atoms with Crippen molar-refractivity contribution >= 4 is 80.0 Å². The molecule has 0 bridgehead atoms. The number of benzene rings is 18. The van der Waals surface area contributed by atoms with Crippen LogP contribution < -0.4 is 9.80 Å². The van der Waals surface area contributed by atoms with Gasteiger partial charge in [-0.2, -0.15) is 0 Å². The van der Waals surface area contributed by atoms with E-state index in [4.69, 9.17) is 0 Å². The molecule has 0 N–H and O–H groups in total. The van der Waals surface area contributed by atoms with Gasteiger partial charge in [-0.15, -0.1) is 0 Å². The summed E-state index contributed by atoms with van der Waals surface area (Å²) in [4.78, 5) is 4.99. The molecule has 0 spiro atoms. The smallest absolute Gasteiger partial charge is 0.0713 e. The minimum atomic E-state index is -0.462. The Hall–Kier alpha value is -15.0. The summed E-state index contributed by atoms with van der Waals surface area (Å²) in [5, 5.41) is 4.91. The van der Waals surface area contributed by atoms with Gasteiger partial charge in [0.15, 0.2) is 0 Å². The maximum Gasteiger partial charge on any atom is 0.0713 e. The molecular formula is C126H98N2. The fraction of sp³-hybridized carbons (Fsp3) is 0.111. The average molecular weight is 1640 g/mol. The first-order valence-electron chi connectivity index (χ1n) is 46.1. The Balaban J connectivity index is 0.547. The van der Waals surface area contributed by atoms with Crippen molar-refractivity contribution in [3.8, 4) is 66.8 Å². The third kappa shape index (κ3) is 12.1. The summed E-state index contributed by atoms with van der Waals surface area (Å²) >= 11 is 0. The molecule has 0 amide bonds. The number of fused-ring (bicyclic) bond motifs is 15. The number of hydrogen-bond acceptors (Lipinski definition) is 2. The summed E-state index contributed by atoms with van der Waals surface area (Å²) in [6.45, 7) is 9.57. The summed E-state index contributed by atoms with van der Waals surface area (Å²) in [5.41, 5.74) is 41.9. The summed E-state index contributed by atoms with van der Waals surface area (Å²) < 4.78 is 0. The van der Waals surface area contributed by atoms with Gasteiger partial charge in [0.05, 0.1) is 16.5 Å². The average Bonchev–Trinajstić information content (AvgIpc) is 1.54. The molecule has 1 atom stereocenters. The van der Waals surface area contributed by atoms with E-state index in [9.17, 15) is 0 Å². The van der Waals surface area contributed by atoms with Crippen LogP contribution in [0.25, 0.3) is 113 Å². The molecule has 5 aliphatic carbocycles. The third-order valence-corrected chi connectivity index (χ3v) is 29.7. The number of anilines is 6. The van der Waals surface area contributed by atoms with E-state index >= 15 is 0 Å². The summed E-state index contributed by atoms with van der Waals surface area (Å²) in [5.74, 6) is 0. The van der Waals surface area contributed by atoms with Gasteiger partial charge in [0.1, 0.15) is 0 Å². The van der Waals surface area contributed by atoms with Crippen LogP contribution in [0.15, 0.2) is 430 Å². The number of rotatable bonds is 20. The first-order chi connectivity index (χ1) is 63.2. The van der Waals surface area contributed by atoms with Crippen LogP contribution in [0.5, 0.6) is 0 Å². The summed E-state index contributed by atoms with van der Waals surface area (Å²) in [7, 11) is 0. The molecule has 0 radical (unpaired) electrons. The van der Waals surface area contributed by atoms with Gasteiger partial charge >= 0.3 is 0 Å². The van der Waals surface area contributed by atoms with E-state index < -0.39 is 5.41 Å². The van der Waals surface area contributed by atoms with Crippen molar-refractivity contribution in [3.05, 3.63) is 514 Å². The summed E-state index contributed by atoms with van der Waals surface area (Å²) in [6, 6.07) is 154. The molecule has 2 heteroatoms. The highest BCUT2D eigenvalue weighted by Gasteiger charge is 2.50. The van der Waals surface area contributed by atoms with Crippen LogP contribution in [0.1, 0.15) is 150 Å². The molecule has 612 valence electrons. The molecule has 1 unspecified atom stereocenters. The first-order valence-corrected chi connectivity index (χ1v) is 46.1. The maximum absolute atomic E-state index is 2.54. The monoisotopic (exact) mass is 1640 g/mol. The van der Waals surface area contributed by atoms with Gasteiger partial charge in [0.2, 0.25) is 0 Å². The molecule has 0 heterocycles. The van der Waals surface area contributed by atoms with Crippen LogP contribution in [-0.2, 0) is 21.7 Å². The molecule has 0 saturated carbocycles. The predicted octanol–water partition coefficient (Wildman–Crippen LogP) is 33.7. The van der Waals surface area contributed by atoms with Crippen molar-refractivity contribution in [2.45, 2.75) is 87.9 Å².